The molecule has 1 aliphatic heterocycles. The van der Waals surface area contributed by atoms with E-state index in [9.17, 15) is 4.79 Å². The van der Waals surface area contributed by atoms with Crippen LogP contribution in [-0.4, -0.2) is 53.9 Å². The van der Waals surface area contributed by atoms with Gasteiger partial charge >= 0.3 is 0 Å². The van der Waals surface area contributed by atoms with Crippen molar-refractivity contribution in [1.29, 1.82) is 0 Å². The number of aromatic nitrogens is 1. The van der Waals surface area contributed by atoms with E-state index in [0.29, 0.717) is 12.3 Å². The van der Waals surface area contributed by atoms with Crippen molar-refractivity contribution in [3.05, 3.63) is 29.7 Å². The molecule has 0 aliphatic carbocycles. The van der Waals surface area contributed by atoms with Crippen molar-refractivity contribution in [1.82, 2.24) is 14.8 Å². The van der Waals surface area contributed by atoms with Crippen molar-refractivity contribution in [3.8, 4) is 0 Å². The number of amides is 1. The summed E-state index contributed by atoms with van der Waals surface area (Å²) in [6.45, 7) is 5.47. The molecule has 0 bridgehead atoms. The molecule has 1 aromatic heterocycles. The molecule has 112 valence electrons. The number of carbonyl (C=O) groups excluding carboxylic acids is 1. The molecule has 0 atom stereocenters. The summed E-state index contributed by atoms with van der Waals surface area (Å²) in [6, 6.07) is 5.97. The van der Waals surface area contributed by atoms with Gasteiger partial charge in [-0.05, 0) is 31.2 Å². The number of hydrogen-bond donors (Lipinski definition) is 0. The van der Waals surface area contributed by atoms with E-state index in [1.807, 2.05) is 30.0 Å². The smallest absolute Gasteiger partial charge is 0.222 e. The molecular weight excluding hydrogens is 266 g/mol. The number of nitrogens with zero attached hydrogens (tertiary/aromatic N) is 3. The zero-order chi connectivity index (χ0) is 14.8. The highest BCUT2D eigenvalue weighted by atomic mass is 16.3. The number of hydrogen-bond acceptors (Lipinski definition) is 4. The lowest BCUT2D eigenvalue weighted by atomic mass is 10.1. The van der Waals surface area contributed by atoms with Crippen molar-refractivity contribution >= 4 is 17.0 Å². The highest BCUT2D eigenvalue weighted by Gasteiger charge is 2.18. The van der Waals surface area contributed by atoms with Crippen LogP contribution in [0.1, 0.15) is 17.9 Å². The van der Waals surface area contributed by atoms with Crippen LogP contribution in [0, 0.1) is 6.92 Å². The first-order chi connectivity index (χ1) is 10.1. The van der Waals surface area contributed by atoms with Crippen molar-refractivity contribution < 1.29 is 9.21 Å². The van der Waals surface area contributed by atoms with Crippen LogP contribution in [0.15, 0.2) is 22.6 Å². The third-order valence-corrected chi connectivity index (χ3v) is 4.04. The molecule has 1 aromatic carbocycles. The summed E-state index contributed by atoms with van der Waals surface area (Å²) >= 11 is 0. The zero-order valence-electron chi connectivity index (χ0n) is 12.6. The van der Waals surface area contributed by atoms with Gasteiger partial charge in [0.1, 0.15) is 5.52 Å². The molecule has 1 saturated heterocycles. The molecule has 0 saturated carbocycles. The Morgan fingerprint density at radius 1 is 1.29 bits per heavy atom. The summed E-state index contributed by atoms with van der Waals surface area (Å²) in [5, 5.41) is 0. The summed E-state index contributed by atoms with van der Waals surface area (Å²) in [4.78, 5) is 20.8. The zero-order valence-corrected chi connectivity index (χ0v) is 12.6. The lowest BCUT2D eigenvalue weighted by molar-refractivity contribution is -0.132. The van der Waals surface area contributed by atoms with E-state index < -0.39 is 0 Å². The summed E-state index contributed by atoms with van der Waals surface area (Å²) in [6.07, 6.45) is 1.32. The van der Waals surface area contributed by atoms with Crippen LogP contribution in [-0.2, 0) is 11.2 Å². The van der Waals surface area contributed by atoms with E-state index in [0.717, 1.165) is 49.3 Å². The van der Waals surface area contributed by atoms with E-state index in [1.54, 1.807) is 0 Å². The average molecular weight is 287 g/mol. The fourth-order valence-electron chi connectivity index (χ4n) is 2.71. The molecule has 0 radical (unpaired) electrons. The van der Waals surface area contributed by atoms with Gasteiger partial charge in [-0.25, -0.2) is 4.98 Å². The standard InChI is InChI=1S/C16H21N3O2/c1-12-17-14-11-13(3-5-15(14)21-12)4-6-16(20)19-9-7-18(2)8-10-19/h3,5,11H,4,6-10H2,1-2H3. The lowest BCUT2D eigenvalue weighted by Crippen LogP contribution is -2.47. The topological polar surface area (TPSA) is 49.6 Å². The maximum Gasteiger partial charge on any atom is 0.222 e. The molecule has 0 spiro atoms. The number of carbonyl (C=O) groups is 1. The Bertz CT molecular complexity index is 642. The molecule has 5 heteroatoms. The molecule has 2 heterocycles. The van der Waals surface area contributed by atoms with E-state index in [4.69, 9.17) is 4.42 Å². The number of benzene rings is 1. The Labute approximate surface area is 124 Å². The fourth-order valence-corrected chi connectivity index (χ4v) is 2.71. The van der Waals surface area contributed by atoms with Gasteiger partial charge in [-0.15, -0.1) is 0 Å². The molecule has 0 N–H and O–H groups in total. The van der Waals surface area contributed by atoms with Crippen LogP contribution in [0.3, 0.4) is 0 Å². The molecule has 1 amide bonds. The van der Waals surface area contributed by atoms with E-state index >= 15 is 0 Å². The summed E-state index contributed by atoms with van der Waals surface area (Å²) < 4.78 is 5.46. The minimum absolute atomic E-state index is 0.250. The van der Waals surface area contributed by atoms with Gasteiger partial charge in [-0.1, -0.05) is 6.07 Å². The Morgan fingerprint density at radius 3 is 2.81 bits per heavy atom. The highest BCUT2D eigenvalue weighted by Crippen LogP contribution is 2.18. The summed E-state index contributed by atoms with van der Waals surface area (Å²) in [5.74, 6) is 0.926. The number of aryl methyl sites for hydroxylation is 2. The van der Waals surface area contributed by atoms with Crippen LogP contribution >= 0.6 is 0 Å². The molecule has 1 fully saturated rings. The first-order valence-corrected chi connectivity index (χ1v) is 7.44. The van der Waals surface area contributed by atoms with Gasteiger partial charge < -0.3 is 14.2 Å². The van der Waals surface area contributed by atoms with Crippen molar-refractivity contribution in [2.45, 2.75) is 19.8 Å². The Hall–Kier alpha value is -1.88. The quantitative estimate of drug-likeness (QED) is 0.864. The van der Waals surface area contributed by atoms with Crippen molar-refractivity contribution in [3.63, 3.8) is 0 Å². The Kier molecular flexibility index (Phi) is 3.92. The number of oxazole rings is 1. The van der Waals surface area contributed by atoms with Crippen LogP contribution in [0.4, 0.5) is 0 Å². The molecule has 1 aliphatic rings. The molecule has 0 unspecified atom stereocenters. The number of likely N-dealkylation sites (N-methyl/N-ethyl adjacent to an activating group) is 1. The predicted molar refractivity (Wildman–Crippen MR) is 81.1 cm³/mol. The van der Waals surface area contributed by atoms with Crippen molar-refractivity contribution in [2.24, 2.45) is 0 Å². The second-order valence-corrected chi connectivity index (χ2v) is 5.72. The first kappa shape index (κ1) is 14.1. The van der Waals surface area contributed by atoms with Crippen LogP contribution < -0.4 is 0 Å². The molecule has 2 aromatic rings. The van der Waals surface area contributed by atoms with Crippen LogP contribution in [0.5, 0.6) is 0 Å². The van der Waals surface area contributed by atoms with Gasteiger partial charge in [0.2, 0.25) is 5.91 Å². The van der Waals surface area contributed by atoms with Crippen LogP contribution in [0.2, 0.25) is 0 Å². The normalized spacial score (nSPS) is 16.6. The van der Waals surface area contributed by atoms with Gasteiger partial charge in [0.05, 0.1) is 0 Å². The maximum atomic E-state index is 12.2. The Balaban J connectivity index is 1.59. The summed E-state index contributed by atoms with van der Waals surface area (Å²) in [5.41, 5.74) is 2.82. The van der Waals surface area contributed by atoms with Crippen LogP contribution in [0.25, 0.3) is 11.1 Å². The second kappa shape index (κ2) is 5.85. The minimum Gasteiger partial charge on any atom is -0.441 e. The summed E-state index contributed by atoms with van der Waals surface area (Å²) in [7, 11) is 2.09. The highest BCUT2D eigenvalue weighted by molar-refractivity contribution is 5.77. The van der Waals surface area contributed by atoms with E-state index in [2.05, 4.69) is 16.9 Å². The van der Waals surface area contributed by atoms with E-state index in [-0.39, 0.29) is 5.91 Å². The average Bonchev–Trinajstić information content (AvgIpc) is 2.84. The van der Waals surface area contributed by atoms with E-state index in [1.165, 1.54) is 0 Å². The van der Waals surface area contributed by atoms with Gasteiger partial charge in [0, 0.05) is 39.5 Å². The predicted octanol–water partition coefficient (Wildman–Crippen LogP) is 1.84. The first-order valence-electron chi connectivity index (χ1n) is 7.44. The molecule has 5 nitrogen and oxygen atoms in total. The molecule has 3 rings (SSSR count). The minimum atomic E-state index is 0.250. The lowest BCUT2D eigenvalue weighted by Gasteiger charge is -2.32. The SMILES string of the molecule is Cc1nc2cc(CCC(=O)N3CCN(C)CC3)ccc2o1. The third-order valence-electron chi connectivity index (χ3n) is 4.04. The van der Waals surface area contributed by atoms with Gasteiger partial charge in [-0.3, -0.25) is 4.79 Å². The number of fused-ring (bicyclic) bond motifs is 1. The second-order valence-electron chi connectivity index (χ2n) is 5.72. The van der Waals surface area contributed by atoms with Crippen molar-refractivity contribution in [2.75, 3.05) is 33.2 Å². The van der Waals surface area contributed by atoms with Gasteiger partial charge in [-0.2, -0.15) is 0 Å². The third kappa shape index (κ3) is 3.24. The van der Waals surface area contributed by atoms with Gasteiger partial charge in [0.15, 0.2) is 11.5 Å². The maximum absolute atomic E-state index is 12.2. The molecular formula is C16H21N3O2. The molecule has 21 heavy (non-hydrogen) atoms. The fraction of sp³-hybridized carbons (Fsp3) is 0.500. The monoisotopic (exact) mass is 287 g/mol. The van der Waals surface area contributed by atoms with Gasteiger partial charge in [0.25, 0.3) is 0 Å². The number of piperazine rings is 1. The number of rotatable bonds is 3. The largest absolute Gasteiger partial charge is 0.441 e. The Morgan fingerprint density at radius 2 is 2.05 bits per heavy atom.